The maximum atomic E-state index is 11.3. The van der Waals surface area contributed by atoms with Crippen LogP contribution in [0.3, 0.4) is 0 Å². The molecule has 0 rings (SSSR count). The molecule has 0 amide bonds. The highest BCUT2D eigenvalue weighted by Crippen LogP contribution is 2.31. The summed E-state index contributed by atoms with van der Waals surface area (Å²) in [5.41, 5.74) is -0.0194. The van der Waals surface area contributed by atoms with E-state index in [-0.39, 0.29) is 5.54 Å². The molecule has 0 radical (unpaired) electrons. The van der Waals surface area contributed by atoms with Crippen molar-refractivity contribution >= 4 is 14.8 Å². The van der Waals surface area contributed by atoms with Gasteiger partial charge < -0.3 is 13.6 Å². The monoisotopic (exact) mass is 274 g/mol. The lowest BCUT2D eigenvalue weighted by Crippen LogP contribution is -2.45. The van der Waals surface area contributed by atoms with Gasteiger partial charge in [0.15, 0.2) is 0 Å². The maximum Gasteiger partial charge on any atom is 0.348 e. The summed E-state index contributed by atoms with van der Waals surface area (Å²) < 4.78 is 11.3. The molecule has 4 heteroatoms. The largest absolute Gasteiger partial charge is 0.397 e. The molecular weight excluding hydrogens is 244 g/mol. The minimum Gasteiger partial charge on any atom is -0.397 e. The number of carbonyl (C=O) groups excluding carboxylic acids is 1. The summed E-state index contributed by atoms with van der Waals surface area (Å²) in [6, 6.07) is 0.901. The molecule has 18 heavy (non-hydrogen) atoms. The van der Waals surface area contributed by atoms with Crippen molar-refractivity contribution in [2.24, 2.45) is 0 Å². The Bertz CT molecular complexity index is 205. The van der Waals surface area contributed by atoms with Crippen LogP contribution in [-0.4, -0.2) is 29.1 Å². The summed E-state index contributed by atoms with van der Waals surface area (Å²) in [5.74, 6) is 0. The van der Waals surface area contributed by atoms with Crippen molar-refractivity contribution in [1.82, 2.24) is 0 Å². The van der Waals surface area contributed by atoms with E-state index in [0.29, 0.717) is 0 Å². The molecule has 0 bridgehead atoms. The summed E-state index contributed by atoms with van der Waals surface area (Å²) in [5, 5.41) is 0. The molecule has 0 aliphatic carbocycles. The van der Waals surface area contributed by atoms with Crippen LogP contribution in [0.1, 0.15) is 58.8 Å². The third-order valence-corrected chi connectivity index (χ3v) is 7.77. The summed E-state index contributed by atoms with van der Waals surface area (Å²) in [6.45, 7) is 4.33. The average Bonchev–Trinajstić information content (AvgIpc) is 2.41. The van der Waals surface area contributed by atoms with E-state index in [2.05, 4.69) is 13.8 Å². The molecule has 0 saturated heterocycles. The maximum absolute atomic E-state index is 11.3. The topological polar surface area (TPSA) is 35.5 Å². The molecule has 0 aliphatic heterocycles. The fourth-order valence-corrected chi connectivity index (χ4v) is 5.58. The van der Waals surface area contributed by atoms with Gasteiger partial charge in [0.1, 0.15) is 6.29 Å². The van der Waals surface area contributed by atoms with Gasteiger partial charge in [0, 0.05) is 14.2 Å². The summed E-state index contributed by atoms with van der Waals surface area (Å²) in [4.78, 5) is 11.3. The van der Waals surface area contributed by atoms with Crippen molar-refractivity contribution in [3.8, 4) is 0 Å². The molecule has 0 spiro atoms. The third kappa shape index (κ3) is 5.63. The quantitative estimate of drug-likeness (QED) is 0.306. The molecule has 0 aromatic heterocycles. The van der Waals surface area contributed by atoms with E-state index in [1.807, 2.05) is 0 Å². The van der Waals surface area contributed by atoms with Crippen LogP contribution in [0.25, 0.3) is 0 Å². The molecule has 1 atom stereocenters. The summed E-state index contributed by atoms with van der Waals surface area (Å²) in [7, 11) is 1.08. The molecule has 0 aromatic carbocycles. The predicted octanol–water partition coefficient (Wildman–Crippen LogP) is 4.06. The van der Waals surface area contributed by atoms with Crippen LogP contribution >= 0.6 is 0 Å². The second-order valence-corrected chi connectivity index (χ2v) is 8.60. The lowest BCUT2D eigenvalue weighted by molar-refractivity contribution is -0.108. The highest BCUT2D eigenvalue weighted by Gasteiger charge is 2.43. The minimum absolute atomic E-state index is 0.0194. The fourth-order valence-electron chi connectivity index (χ4n) is 2.48. The van der Waals surface area contributed by atoms with Crippen molar-refractivity contribution in [3.63, 3.8) is 0 Å². The lowest BCUT2D eigenvalue weighted by Gasteiger charge is -2.32. The van der Waals surface area contributed by atoms with Crippen molar-refractivity contribution in [3.05, 3.63) is 0 Å². The number of hydrogen-bond donors (Lipinski definition) is 0. The molecule has 3 nitrogen and oxygen atoms in total. The normalized spacial score (nSPS) is 13.6. The third-order valence-electron chi connectivity index (χ3n) is 3.64. The summed E-state index contributed by atoms with van der Waals surface area (Å²) >= 11 is 0. The Labute approximate surface area is 113 Å². The second kappa shape index (κ2) is 10.7. The van der Waals surface area contributed by atoms with Gasteiger partial charge in [-0.2, -0.15) is 0 Å². The van der Waals surface area contributed by atoms with Crippen LogP contribution < -0.4 is 0 Å². The standard InChI is InChI=1S/C14H30O3Si/c1-5-7-8-9-10-11-14(13-15)18(16-3,17-4)12-6-2/h13-14H,5-12H2,1-4H3. The fraction of sp³-hybridized carbons (Fsp3) is 0.929. The molecule has 0 N–H and O–H groups in total. The van der Waals surface area contributed by atoms with Crippen molar-refractivity contribution < 1.29 is 13.6 Å². The molecule has 0 fully saturated rings. The van der Waals surface area contributed by atoms with Crippen LogP contribution in [0.15, 0.2) is 0 Å². The van der Waals surface area contributed by atoms with Gasteiger partial charge in [-0.15, -0.1) is 0 Å². The van der Waals surface area contributed by atoms with Gasteiger partial charge in [0.2, 0.25) is 0 Å². The Hall–Kier alpha value is -0.193. The minimum atomic E-state index is -2.31. The van der Waals surface area contributed by atoms with Gasteiger partial charge in [-0.3, -0.25) is 0 Å². The molecule has 0 aliphatic rings. The van der Waals surface area contributed by atoms with Crippen molar-refractivity contribution in [2.75, 3.05) is 14.2 Å². The Kier molecular flexibility index (Phi) is 10.6. The highest BCUT2D eigenvalue weighted by molar-refractivity contribution is 6.71. The first-order valence-corrected chi connectivity index (χ1v) is 9.36. The first kappa shape index (κ1) is 17.8. The van der Waals surface area contributed by atoms with E-state index in [4.69, 9.17) is 8.85 Å². The second-order valence-electron chi connectivity index (χ2n) is 4.92. The summed E-state index contributed by atoms with van der Waals surface area (Å²) in [6.07, 6.45) is 9.12. The van der Waals surface area contributed by atoms with E-state index in [1.165, 1.54) is 25.7 Å². The Morgan fingerprint density at radius 2 is 1.61 bits per heavy atom. The van der Waals surface area contributed by atoms with Gasteiger partial charge in [0.05, 0.1) is 5.54 Å². The molecule has 1 unspecified atom stereocenters. The van der Waals surface area contributed by atoms with Crippen LogP contribution in [0.2, 0.25) is 11.6 Å². The number of rotatable bonds is 12. The van der Waals surface area contributed by atoms with Crippen molar-refractivity contribution in [2.45, 2.75) is 70.4 Å². The smallest absolute Gasteiger partial charge is 0.348 e. The zero-order valence-electron chi connectivity index (χ0n) is 12.5. The van der Waals surface area contributed by atoms with Gasteiger partial charge >= 0.3 is 8.56 Å². The average molecular weight is 274 g/mol. The van der Waals surface area contributed by atoms with E-state index < -0.39 is 8.56 Å². The van der Waals surface area contributed by atoms with E-state index in [9.17, 15) is 4.79 Å². The highest BCUT2D eigenvalue weighted by atomic mass is 28.4. The first-order valence-electron chi connectivity index (χ1n) is 7.26. The molecule has 0 aromatic rings. The van der Waals surface area contributed by atoms with Gasteiger partial charge in [-0.1, -0.05) is 52.4 Å². The Morgan fingerprint density at radius 3 is 2.06 bits per heavy atom. The lowest BCUT2D eigenvalue weighted by atomic mass is 10.1. The number of unbranched alkanes of at least 4 members (excludes halogenated alkanes) is 4. The SMILES string of the molecule is CCCCCCCC(C=O)[Si](CCC)(OC)OC. The van der Waals surface area contributed by atoms with Crippen LogP contribution in [-0.2, 0) is 13.6 Å². The zero-order valence-corrected chi connectivity index (χ0v) is 13.5. The first-order chi connectivity index (χ1) is 8.70. The van der Waals surface area contributed by atoms with Gasteiger partial charge in [0.25, 0.3) is 0 Å². The predicted molar refractivity (Wildman–Crippen MR) is 78.1 cm³/mol. The Balaban J connectivity index is 4.28. The van der Waals surface area contributed by atoms with E-state index >= 15 is 0 Å². The van der Waals surface area contributed by atoms with Crippen LogP contribution in [0, 0.1) is 0 Å². The molecule has 108 valence electrons. The van der Waals surface area contributed by atoms with E-state index in [1.54, 1.807) is 14.2 Å². The molecule has 0 saturated carbocycles. The zero-order chi connectivity index (χ0) is 13.9. The molecular formula is C14H30O3Si. The number of hydrogen-bond acceptors (Lipinski definition) is 3. The Morgan fingerprint density at radius 1 is 1.00 bits per heavy atom. The van der Waals surface area contributed by atoms with Gasteiger partial charge in [-0.25, -0.2) is 0 Å². The van der Waals surface area contributed by atoms with Gasteiger partial charge in [-0.05, 0) is 12.5 Å². The molecule has 0 heterocycles. The van der Waals surface area contributed by atoms with E-state index in [0.717, 1.165) is 31.6 Å². The number of carbonyl (C=O) groups is 1. The number of aldehydes is 1. The van der Waals surface area contributed by atoms with Crippen molar-refractivity contribution in [1.29, 1.82) is 0 Å². The van der Waals surface area contributed by atoms with Crippen LogP contribution in [0.5, 0.6) is 0 Å². The van der Waals surface area contributed by atoms with Crippen LogP contribution in [0.4, 0.5) is 0 Å².